The summed E-state index contributed by atoms with van der Waals surface area (Å²) in [6, 6.07) is 7.42. The van der Waals surface area contributed by atoms with Crippen molar-refractivity contribution >= 4 is 35.0 Å². The van der Waals surface area contributed by atoms with Gasteiger partial charge in [-0.25, -0.2) is 9.98 Å². The van der Waals surface area contributed by atoms with Gasteiger partial charge in [0, 0.05) is 5.56 Å². The third kappa shape index (κ3) is 6.07. The second kappa shape index (κ2) is 11.2. The van der Waals surface area contributed by atoms with Crippen LogP contribution in [-0.2, 0) is 25.2 Å². The highest BCUT2D eigenvalue weighted by molar-refractivity contribution is 6.31. The topological polar surface area (TPSA) is 117 Å². The maximum absolute atomic E-state index is 13.3. The molecule has 3 amide bonds. The molecular weight excluding hydrogens is 506 g/mol. The standard InChI is InChI=1S/C29H36ClN3O5/c1-8-20(38-21-12-11-16(28(4,5)9-2)13-17(21)29(6,7)10-3)27(37)31-19-14-18(30)24-25(26(19)36)33-23(35)15-22(34)32-24/h11-14,20,36H,8-10,15H2,1-7H3,(H,31,37). The van der Waals surface area contributed by atoms with Gasteiger partial charge in [0.25, 0.3) is 17.7 Å². The van der Waals surface area contributed by atoms with Gasteiger partial charge in [-0.2, -0.15) is 0 Å². The van der Waals surface area contributed by atoms with E-state index in [0.29, 0.717) is 12.2 Å². The second-order valence-electron chi connectivity index (χ2n) is 10.8. The van der Waals surface area contributed by atoms with Crippen LogP contribution in [0.4, 0.5) is 5.69 Å². The fraction of sp³-hybridized carbons (Fsp3) is 0.483. The molecule has 1 unspecified atom stereocenters. The molecule has 0 saturated carbocycles. The van der Waals surface area contributed by atoms with E-state index in [-0.39, 0.29) is 32.3 Å². The summed E-state index contributed by atoms with van der Waals surface area (Å²) >= 11 is 6.27. The third-order valence-corrected chi connectivity index (χ3v) is 7.71. The number of nitrogens with zero attached hydrogens (tertiary/aromatic N) is 2. The molecule has 8 nitrogen and oxygen atoms in total. The number of carbonyl (C=O) groups excluding carboxylic acids is 3. The number of amides is 3. The maximum atomic E-state index is 13.3. The van der Waals surface area contributed by atoms with E-state index in [0.717, 1.165) is 18.4 Å². The zero-order valence-corrected chi connectivity index (χ0v) is 23.8. The summed E-state index contributed by atoms with van der Waals surface area (Å²) < 4.78 is 6.28. The lowest BCUT2D eigenvalue weighted by atomic mass is 9.76. The number of ether oxygens (including phenoxy) is 1. The van der Waals surface area contributed by atoms with E-state index in [1.54, 1.807) is 0 Å². The summed E-state index contributed by atoms with van der Waals surface area (Å²) in [5.41, 5.74) is 1.96. The Balaban J connectivity index is 1.98. The van der Waals surface area contributed by atoms with Gasteiger partial charge in [0.05, 0.1) is 10.7 Å². The number of rotatable bonds is 9. The van der Waals surface area contributed by atoms with Gasteiger partial charge in [0.15, 0.2) is 11.9 Å². The van der Waals surface area contributed by atoms with Crippen LogP contribution in [0.3, 0.4) is 0 Å². The number of benzene rings is 2. The number of nitrogens with one attached hydrogen (secondary N) is 1. The highest BCUT2D eigenvalue weighted by atomic mass is 35.5. The molecule has 1 heterocycles. The first-order valence-corrected chi connectivity index (χ1v) is 13.3. The zero-order chi connectivity index (χ0) is 28.4. The monoisotopic (exact) mass is 541 g/mol. The minimum atomic E-state index is -0.881. The second-order valence-corrected chi connectivity index (χ2v) is 11.2. The van der Waals surface area contributed by atoms with Gasteiger partial charge in [-0.1, -0.05) is 72.2 Å². The Morgan fingerprint density at radius 3 is 2.21 bits per heavy atom. The largest absolute Gasteiger partial charge is 0.504 e. The number of fused-ring (bicyclic) bond motifs is 1. The van der Waals surface area contributed by atoms with Crippen LogP contribution in [0.1, 0.15) is 85.3 Å². The van der Waals surface area contributed by atoms with Crippen molar-refractivity contribution in [1.29, 1.82) is 0 Å². The van der Waals surface area contributed by atoms with Crippen molar-refractivity contribution in [2.45, 2.75) is 91.1 Å². The van der Waals surface area contributed by atoms with Crippen LogP contribution in [0.2, 0.25) is 5.02 Å². The quantitative estimate of drug-likeness (QED) is 0.345. The van der Waals surface area contributed by atoms with Crippen LogP contribution >= 0.6 is 11.6 Å². The lowest BCUT2D eigenvalue weighted by molar-refractivity contribution is -0.126. The molecule has 0 aliphatic carbocycles. The lowest BCUT2D eigenvalue weighted by Gasteiger charge is -2.31. The van der Waals surface area contributed by atoms with Crippen molar-refractivity contribution in [3.05, 3.63) is 51.1 Å². The first-order valence-electron chi connectivity index (χ1n) is 12.9. The molecule has 0 spiro atoms. The molecule has 204 valence electrons. The molecule has 3 rings (SSSR count). The average molecular weight is 542 g/mol. The molecule has 38 heavy (non-hydrogen) atoms. The molecule has 9 heteroatoms. The molecule has 1 aliphatic rings. The fourth-order valence-electron chi connectivity index (χ4n) is 4.05. The highest BCUT2D eigenvalue weighted by Crippen LogP contribution is 2.39. The number of aromatic hydroxyl groups is 1. The zero-order valence-electron chi connectivity index (χ0n) is 23.1. The van der Waals surface area contributed by atoms with Gasteiger partial charge < -0.3 is 15.2 Å². The van der Waals surface area contributed by atoms with Crippen molar-refractivity contribution in [2.75, 3.05) is 5.32 Å². The van der Waals surface area contributed by atoms with Gasteiger partial charge in [-0.3, -0.25) is 14.4 Å². The van der Waals surface area contributed by atoms with Crippen molar-refractivity contribution in [1.82, 2.24) is 0 Å². The van der Waals surface area contributed by atoms with Crippen LogP contribution in [0.15, 0.2) is 34.3 Å². The molecule has 1 atom stereocenters. The van der Waals surface area contributed by atoms with Crippen LogP contribution in [0, 0.1) is 0 Å². The number of anilines is 1. The average Bonchev–Trinajstić information content (AvgIpc) is 3.02. The lowest BCUT2D eigenvalue weighted by Crippen LogP contribution is -2.35. The maximum Gasteiger partial charge on any atom is 0.265 e. The van der Waals surface area contributed by atoms with Crippen molar-refractivity contribution < 1.29 is 24.2 Å². The van der Waals surface area contributed by atoms with E-state index >= 15 is 0 Å². The van der Waals surface area contributed by atoms with E-state index in [4.69, 9.17) is 16.3 Å². The van der Waals surface area contributed by atoms with E-state index in [9.17, 15) is 19.5 Å². The molecule has 2 aromatic rings. The Bertz CT molecular complexity index is 1400. The van der Waals surface area contributed by atoms with Crippen LogP contribution in [0.25, 0.3) is 0 Å². The molecule has 0 bridgehead atoms. The van der Waals surface area contributed by atoms with Gasteiger partial charge in [0.1, 0.15) is 22.9 Å². The van der Waals surface area contributed by atoms with Crippen LogP contribution in [0.5, 0.6) is 11.5 Å². The van der Waals surface area contributed by atoms with E-state index < -0.39 is 36.0 Å². The minimum absolute atomic E-state index is 0.00983. The predicted molar refractivity (Wildman–Crippen MR) is 146 cm³/mol. The number of hydrogen-bond donors (Lipinski definition) is 2. The predicted octanol–water partition coefficient (Wildman–Crippen LogP) is 4.91. The van der Waals surface area contributed by atoms with Crippen LogP contribution in [-0.4, -0.2) is 28.9 Å². The summed E-state index contributed by atoms with van der Waals surface area (Å²) in [7, 11) is 0. The molecule has 0 aromatic heterocycles. The number of halogens is 1. The number of carbonyl (C=O) groups is 3. The molecule has 1 aliphatic heterocycles. The summed E-state index contributed by atoms with van der Waals surface area (Å²) in [6.07, 6.45) is 0.799. The number of phenols is 1. The Hall–Kier alpha value is -3.26. The van der Waals surface area contributed by atoms with E-state index in [1.807, 2.05) is 19.1 Å². The van der Waals surface area contributed by atoms with Gasteiger partial charge >= 0.3 is 0 Å². The van der Waals surface area contributed by atoms with Crippen LogP contribution < -0.4 is 20.8 Å². The summed E-state index contributed by atoms with van der Waals surface area (Å²) in [4.78, 5) is 44.6. The molecular formula is C29H36ClN3O5. The Labute approximate surface area is 228 Å². The molecule has 2 aromatic carbocycles. The molecule has 2 N–H and O–H groups in total. The van der Waals surface area contributed by atoms with Crippen molar-refractivity contribution in [2.24, 2.45) is 9.98 Å². The molecule has 0 radical (unpaired) electrons. The fourth-order valence-corrected chi connectivity index (χ4v) is 4.29. The Morgan fingerprint density at radius 1 is 1.03 bits per heavy atom. The highest BCUT2D eigenvalue weighted by Gasteiger charge is 2.29. The number of hydrogen-bond acceptors (Lipinski definition) is 5. The summed E-state index contributed by atoms with van der Waals surface area (Å²) in [6.45, 7) is 14.8. The summed E-state index contributed by atoms with van der Waals surface area (Å²) in [5, 5.41) is 13.0. The Kier molecular flexibility index (Phi) is 8.66. The van der Waals surface area contributed by atoms with Crippen molar-refractivity contribution in [3.63, 3.8) is 0 Å². The Morgan fingerprint density at radius 2 is 1.63 bits per heavy atom. The SMILES string of the molecule is CCC(Oc1ccc(C(C)(C)CC)cc1C(C)(C)CC)C(=O)Nc1cc(Cl)c2c(c1O)=NC(=O)CC(=O)N=2. The van der Waals surface area contributed by atoms with Gasteiger partial charge in [-0.05, 0) is 47.8 Å². The molecule has 0 fully saturated rings. The normalized spacial score (nSPS) is 14.6. The number of phenolic OH excluding ortho intramolecular Hbond substituents is 1. The third-order valence-electron chi connectivity index (χ3n) is 7.42. The van der Waals surface area contributed by atoms with Gasteiger partial charge in [0.2, 0.25) is 0 Å². The molecule has 0 saturated heterocycles. The van der Waals surface area contributed by atoms with E-state index in [2.05, 4.69) is 62.9 Å². The summed E-state index contributed by atoms with van der Waals surface area (Å²) in [5.74, 6) is -1.86. The van der Waals surface area contributed by atoms with Crippen molar-refractivity contribution in [3.8, 4) is 11.5 Å². The first kappa shape index (κ1) is 29.3. The first-order chi connectivity index (χ1) is 17.7. The smallest absolute Gasteiger partial charge is 0.265 e. The van der Waals surface area contributed by atoms with E-state index in [1.165, 1.54) is 11.6 Å². The van der Waals surface area contributed by atoms with Gasteiger partial charge in [-0.15, -0.1) is 0 Å². The minimum Gasteiger partial charge on any atom is -0.504 e.